The van der Waals surface area contributed by atoms with E-state index in [0.29, 0.717) is 15.9 Å². The molecule has 0 aliphatic rings. The van der Waals surface area contributed by atoms with Gasteiger partial charge in [-0.1, -0.05) is 18.2 Å². The van der Waals surface area contributed by atoms with E-state index in [4.69, 9.17) is 4.74 Å². The van der Waals surface area contributed by atoms with Crippen LogP contribution in [-0.4, -0.2) is 15.5 Å². The van der Waals surface area contributed by atoms with E-state index in [1.54, 1.807) is 30.3 Å². The molecular weight excluding hydrogens is 342 g/mol. The predicted octanol–water partition coefficient (Wildman–Crippen LogP) is 3.57. The summed E-state index contributed by atoms with van der Waals surface area (Å²) in [5.74, 6) is 0.478. The lowest BCUT2D eigenvalue weighted by Crippen LogP contribution is -2.14. The maximum atomic E-state index is 12.4. The summed E-state index contributed by atoms with van der Waals surface area (Å²) in [5.41, 5.74) is 1.36. The van der Waals surface area contributed by atoms with E-state index >= 15 is 0 Å². The van der Waals surface area contributed by atoms with Gasteiger partial charge in [0.2, 0.25) is 0 Å². The highest BCUT2D eigenvalue weighted by atomic mass is 79.9. The van der Waals surface area contributed by atoms with Crippen LogP contribution in [-0.2, 0) is 10.0 Å². The van der Waals surface area contributed by atoms with Crippen LogP contribution < -0.4 is 9.46 Å². The largest absolute Gasteiger partial charge is 0.495 e. The van der Waals surface area contributed by atoms with E-state index < -0.39 is 10.0 Å². The molecule has 106 valence electrons. The molecule has 4 nitrogen and oxygen atoms in total. The number of benzene rings is 2. The highest BCUT2D eigenvalue weighted by molar-refractivity contribution is 9.10. The number of sulfonamides is 1. The van der Waals surface area contributed by atoms with E-state index in [1.165, 1.54) is 13.2 Å². The smallest absolute Gasteiger partial charge is 0.263 e. The van der Waals surface area contributed by atoms with Crippen LogP contribution in [0.2, 0.25) is 0 Å². The Labute approximate surface area is 127 Å². The molecule has 0 saturated heterocycles. The van der Waals surface area contributed by atoms with Crippen LogP contribution in [0.3, 0.4) is 0 Å². The number of aryl methyl sites for hydroxylation is 1. The summed E-state index contributed by atoms with van der Waals surface area (Å²) in [4.78, 5) is 0.184. The first-order valence-corrected chi connectivity index (χ1v) is 8.13. The highest BCUT2D eigenvalue weighted by Crippen LogP contribution is 2.29. The van der Waals surface area contributed by atoms with Gasteiger partial charge in [0.15, 0.2) is 0 Å². The van der Waals surface area contributed by atoms with Crippen molar-refractivity contribution in [1.29, 1.82) is 0 Å². The molecule has 0 unspecified atom stereocenters. The molecule has 20 heavy (non-hydrogen) atoms. The molecule has 0 fully saturated rings. The average Bonchev–Trinajstić information content (AvgIpc) is 2.39. The maximum absolute atomic E-state index is 12.4. The molecular formula is C14H14BrNO3S. The Morgan fingerprint density at radius 2 is 1.85 bits per heavy atom. The molecule has 1 N–H and O–H groups in total. The van der Waals surface area contributed by atoms with E-state index in [0.717, 1.165) is 5.56 Å². The van der Waals surface area contributed by atoms with Gasteiger partial charge in [-0.2, -0.15) is 0 Å². The number of ether oxygens (including phenoxy) is 1. The molecule has 0 heterocycles. The predicted molar refractivity (Wildman–Crippen MR) is 82.7 cm³/mol. The zero-order valence-electron chi connectivity index (χ0n) is 11.1. The third-order valence-corrected chi connectivity index (χ3v) is 5.10. The van der Waals surface area contributed by atoms with Gasteiger partial charge in [0.25, 0.3) is 10.0 Å². The normalized spacial score (nSPS) is 11.2. The van der Waals surface area contributed by atoms with Gasteiger partial charge in [-0.25, -0.2) is 8.42 Å². The molecule has 2 aromatic rings. The Kier molecular flexibility index (Phi) is 4.35. The minimum Gasteiger partial charge on any atom is -0.495 e. The third-order valence-electron chi connectivity index (χ3n) is 2.73. The monoisotopic (exact) mass is 355 g/mol. The first-order valence-electron chi connectivity index (χ1n) is 5.86. The van der Waals surface area contributed by atoms with Gasteiger partial charge in [0.05, 0.1) is 12.8 Å². The van der Waals surface area contributed by atoms with Gasteiger partial charge in [-0.3, -0.25) is 4.72 Å². The van der Waals surface area contributed by atoms with Crippen LogP contribution in [0.25, 0.3) is 0 Å². The highest BCUT2D eigenvalue weighted by Gasteiger charge is 2.19. The van der Waals surface area contributed by atoms with Crippen LogP contribution in [0.5, 0.6) is 5.75 Å². The molecule has 0 atom stereocenters. The van der Waals surface area contributed by atoms with Gasteiger partial charge in [-0.05, 0) is 52.7 Å². The van der Waals surface area contributed by atoms with Gasteiger partial charge in [0.1, 0.15) is 10.6 Å². The van der Waals surface area contributed by atoms with Crippen molar-refractivity contribution in [2.45, 2.75) is 11.8 Å². The van der Waals surface area contributed by atoms with Crippen LogP contribution in [0.15, 0.2) is 51.8 Å². The second-order valence-electron chi connectivity index (χ2n) is 4.24. The lowest BCUT2D eigenvalue weighted by Gasteiger charge is -2.13. The van der Waals surface area contributed by atoms with Gasteiger partial charge in [0, 0.05) is 4.47 Å². The number of rotatable bonds is 4. The molecule has 2 rings (SSSR count). The van der Waals surface area contributed by atoms with Crippen molar-refractivity contribution in [1.82, 2.24) is 0 Å². The Morgan fingerprint density at radius 1 is 1.15 bits per heavy atom. The number of methoxy groups -OCH3 is 1. The average molecular weight is 356 g/mol. The molecule has 0 aliphatic carbocycles. The molecule has 2 aromatic carbocycles. The number of hydrogen-bond donors (Lipinski definition) is 1. The van der Waals surface area contributed by atoms with Gasteiger partial charge in [-0.15, -0.1) is 0 Å². The van der Waals surface area contributed by atoms with Crippen molar-refractivity contribution in [2.24, 2.45) is 0 Å². The van der Waals surface area contributed by atoms with Crippen molar-refractivity contribution in [3.8, 4) is 5.75 Å². The second kappa shape index (κ2) is 5.85. The van der Waals surface area contributed by atoms with E-state index in [1.807, 2.05) is 13.0 Å². The summed E-state index contributed by atoms with van der Waals surface area (Å²) in [5, 5.41) is 0. The van der Waals surface area contributed by atoms with Crippen molar-refractivity contribution < 1.29 is 13.2 Å². The molecule has 0 aliphatic heterocycles. The molecule has 6 heteroatoms. The number of anilines is 1. The van der Waals surface area contributed by atoms with E-state index in [2.05, 4.69) is 20.7 Å². The Bertz CT molecular complexity index is 729. The lowest BCUT2D eigenvalue weighted by molar-refractivity contribution is 0.417. The second-order valence-corrected chi connectivity index (χ2v) is 6.74. The summed E-state index contributed by atoms with van der Waals surface area (Å²) in [6, 6.07) is 12.0. The van der Waals surface area contributed by atoms with Crippen LogP contribution >= 0.6 is 15.9 Å². The van der Waals surface area contributed by atoms with Crippen molar-refractivity contribution >= 4 is 31.6 Å². The van der Waals surface area contributed by atoms with E-state index in [-0.39, 0.29) is 4.90 Å². The van der Waals surface area contributed by atoms with Gasteiger partial charge >= 0.3 is 0 Å². The standard InChI is InChI=1S/C14H14BrNO3S/c1-10-7-8-13(19-2)12(9-10)16-20(17,18)14-6-4-3-5-11(14)15/h3-9,16H,1-2H3. The molecule has 0 radical (unpaired) electrons. The third kappa shape index (κ3) is 3.13. The minimum atomic E-state index is -3.67. The fraction of sp³-hybridized carbons (Fsp3) is 0.143. The fourth-order valence-electron chi connectivity index (χ4n) is 1.76. The molecule has 0 spiro atoms. The Morgan fingerprint density at radius 3 is 2.50 bits per heavy atom. The lowest BCUT2D eigenvalue weighted by atomic mass is 10.2. The zero-order chi connectivity index (χ0) is 14.8. The first-order chi connectivity index (χ1) is 9.44. The quantitative estimate of drug-likeness (QED) is 0.911. The summed E-state index contributed by atoms with van der Waals surface area (Å²) in [6.07, 6.45) is 0. The van der Waals surface area contributed by atoms with Crippen LogP contribution in [0.1, 0.15) is 5.56 Å². The summed E-state index contributed by atoms with van der Waals surface area (Å²) < 4.78 is 33.1. The minimum absolute atomic E-state index is 0.184. The zero-order valence-corrected chi connectivity index (χ0v) is 13.5. The summed E-state index contributed by atoms with van der Waals surface area (Å²) in [6.45, 7) is 1.88. The van der Waals surface area contributed by atoms with Crippen molar-refractivity contribution in [3.63, 3.8) is 0 Å². The maximum Gasteiger partial charge on any atom is 0.263 e. The van der Waals surface area contributed by atoms with Crippen LogP contribution in [0.4, 0.5) is 5.69 Å². The Balaban J connectivity index is 2.44. The SMILES string of the molecule is COc1ccc(C)cc1NS(=O)(=O)c1ccccc1Br. The number of hydrogen-bond acceptors (Lipinski definition) is 3. The summed E-state index contributed by atoms with van der Waals surface area (Å²) in [7, 11) is -2.17. The topological polar surface area (TPSA) is 55.4 Å². The summed E-state index contributed by atoms with van der Waals surface area (Å²) >= 11 is 3.25. The van der Waals surface area contributed by atoms with Gasteiger partial charge < -0.3 is 4.74 Å². The van der Waals surface area contributed by atoms with E-state index in [9.17, 15) is 8.42 Å². The molecule has 0 aromatic heterocycles. The number of nitrogens with one attached hydrogen (secondary N) is 1. The molecule has 0 bridgehead atoms. The molecule has 0 amide bonds. The Hall–Kier alpha value is -1.53. The van der Waals surface area contributed by atoms with Crippen molar-refractivity contribution in [2.75, 3.05) is 11.8 Å². The first kappa shape index (κ1) is 14.9. The fourth-order valence-corrected chi connectivity index (χ4v) is 3.83. The molecule has 0 saturated carbocycles. The number of halogens is 1. The van der Waals surface area contributed by atoms with Crippen LogP contribution in [0, 0.1) is 6.92 Å². The van der Waals surface area contributed by atoms with Crippen molar-refractivity contribution in [3.05, 3.63) is 52.5 Å².